The van der Waals surface area contributed by atoms with Crippen LogP contribution in [-0.2, 0) is 0 Å². The van der Waals surface area contributed by atoms with Crippen LogP contribution in [0.3, 0.4) is 0 Å². The zero-order valence-corrected chi connectivity index (χ0v) is 13.5. The number of hydroxylamine groups is 1. The molecule has 2 atom stereocenters. The van der Waals surface area contributed by atoms with Crippen LogP contribution in [0.4, 0.5) is 0 Å². The minimum atomic E-state index is -0.295. The maximum atomic E-state index is 9.71. The molecule has 1 fully saturated rings. The molecule has 124 valence electrons. The van der Waals surface area contributed by atoms with E-state index < -0.39 is 0 Å². The van der Waals surface area contributed by atoms with Crippen LogP contribution in [0.1, 0.15) is 36.4 Å². The fraction of sp³-hybridized carbons (Fsp3) is 0.250. The number of nitrogens with one attached hydrogen (secondary N) is 1. The van der Waals surface area contributed by atoms with Crippen LogP contribution in [0.25, 0.3) is 6.08 Å². The summed E-state index contributed by atoms with van der Waals surface area (Å²) in [6, 6.07) is 19.5. The van der Waals surface area contributed by atoms with Crippen LogP contribution in [0.2, 0.25) is 0 Å². The van der Waals surface area contributed by atoms with Gasteiger partial charge in [-0.15, -0.1) is 0 Å². The number of hydrogen-bond acceptors (Lipinski definition) is 4. The van der Waals surface area contributed by atoms with Crippen LogP contribution in [0.5, 0.6) is 0 Å². The summed E-state index contributed by atoms with van der Waals surface area (Å²) >= 11 is 0. The quantitative estimate of drug-likeness (QED) is 0.576. The third-order valence-electron chi connectivity index (χ3n) is 4.59. The first-order valence-electron chi connectivity index (χ1n) is 8.26. The van der Waals surface area contributed by atoms with E-state index in [9.17, 15) is 10.4 Å². The van der Waals surface area contributed by atoms with Gasteiger partial charge in [-0.25, -0.2) is 0 Å². The molecule has 24 heavy (non-hydrogen) atoms. The van der Waals surface area contributed by atoms with E-state index in [0.29, 0.717) is 5.71 Å². The summed E-state index contributed by atoms with van der Waals surface area (Å²) < 4.78 is 0. The van der Waals surface area contributed by atoms with Crippen molar-refractivity contribution in [2.24, 2.45) is 11.1 Å². The van der Waals surface area contributed by atoms with Crippen LogP contribution < -0.4 is 5.48 Å². The van der Waals surface area contributed by atoms with Crippen molar-refractivity contribution in [3.05, 3.63) is 77.4 Å². The molecule has 3 rings (SSSR count). The lowest BCUT2D eigenvalue weighted by Gasteiger charge is -2.31. The number of benzene rings is 2. The second-order valence-corrected chi connectivity index (χ2v) is 6.08. The van der Waals surface area contributed by atoms with Crippen molar-refractivity contribution >= 4 is 11.8 Å². The number of hydrogen-bond donors (Lipinski definition) is 3. The Kier molecular flexibility index (Phi) is 5.41. The molecule has 0 unspecified atom stereocenters. The molecule has 1 saturated carbocycles. The molecular weight excluding hydrogens is 300 g/mol. The van der Waals surface area contributed by atoms with Crippen molar-refractivity contribution in [3.8, 4) is 0 Å². The van der Waals surface area contributed by atoms with Gasteiger partial charge >= 0.3 is 0 Å². The van der Waals surface area contributed by atoms with Crippen molar-refractivity contribution in [3.63, 3.8) is 0 Å². The van der Waals surface area contributed by atoms with Gasteiger partial charge in [0.2, 0.25) is 0 Å². The first kappa shape index (κ1) is 16.4. The van der Waals surface area contributed by atoms with Crippen LogP contribution in [0.15, 0.2) is 71.4 Å². The van der Waals surface area contributed by atoms with E-state index in [1.807, 2.05) is 60.7 Å². The van der Waals surface area contributed by atoms with E-state index in [0.717, 1.165) is 36.0 Å². The van der Waals surface area contributed by atoms with Crippen molar-refractivity contribution in [2.75, 3.05) is 0 Å². The number of rotatable bonds is 4. The molecule has 0 heterocycles. The Morgan fingerprint density at radius 3 is 2.33 bits per heavy atom. The second-order valence-electron chi connectivity index (χ2n) is 6.08. The SMILES string of the molecule is ON=C1/C(=C/c2ccccc2)CCC[C@@H]1[C@H](NO)c1ccccc1. The average molecular weight is 322 g/mol. The summed E-state index contributed by atoms with van der Waals surface area (Å²) in [6.45, 7) is 0. The molecule has 1 aliphatic carbocycles. The fourth-order valence-electron chi connectivity index (χ4n) is 3.43. The Labute approximate surface area is 142 Å². The highest BCUT2D eigenvalue weighted by molar-refractivity contribution is 6.05. The lowest BCUT2D eigenvalue weighted by Crippen LogP contribution is -2.34. The lowest BCUT2D eigenvalue weighted by molar-refractivity contribution is 0.106. The molecule has 0 bridgehead atoms. The van der Waals surface area contributed by atoms with Crippen molar-refractivity contribution in [1.29, 1.82) is 0 Å². The Bertz CT molecular complexity index is 711. The highest BCUT2D eigenvalue weighted by atomic mass is 16.5. The van der Waals surface area contributed by atoms with Crippen molar-refractivity contribution < 1.29 is 10.4 Å². The monoisotopic (exact) mass is 322 g/mol. The molecule has 2 aromatic carbocycles. The van der Waals surface area contributed by atoms with Gasteiger partial charge in [0.1, 0.15) is 0 Å². The van der Waals surface area contributed by atoms with Gasteiger partial charge in [0.25, 0.3) is 0 Å². The maximum Gasteiger partial charge on any atom is 0.0878 e. The summed E-state index contributed by atoms with van der Waals surface area (Å²) in [6.07, 6.45) is 4.80. The minimum absolute atomic E-state index is 0.0777. The Morgan fingerprint density at radius 1 is 1.04 bits per heavy atom. The number of oxime groups is 1. The normalized spacial score (nSPS) is 22.6. The van der Waals surface area contributed by atoms with Gasteiger partial charge in [-0.3, -0.25) is 0 Å². The first-order valence-corrected chi connectivity index (χ1v) is 8.26. The van der Waals surface area contributed by atoms with Gasteiger partial charge in [0.05, 0.1) is 11.8 Å². The number of nitrogens with zero attached hydrogens (tertiary/aromatic N) is 1. The Hall–Kier alpha value is -2.43. The van der Waals surface area contributed by atoms with Crippen molar-refractivity contribution in [1.82, 2.24) is 5.48 Å². The van der Waals surface area contributed by atoms with Crippen LogP contribution >= 0.6 is 0 Å². The molecule has 2 aromatic rings. The average Bonchev–Trinajstić information content (AvgIpc) is 2.64. The van der Waals surface area contributed by atoms with Gasteiger partial charge in [0.15, 0.2) is 0 Å². The van der Waals surface area contributed by atoms with Gasteiger partial charge in [-0.05, 0) is 42.0 Å². The topological polar surface area (TPSA) is 64.9 Å². The number of allylic oxidation sites excluding steroid dienone is 1. The zero-order chi connectivity index (χ0) is 16.8. The van der Waals surface area contributed by atoms with E-state index in [-0.39, 0.29) is 12.0 Å². The molecule has 4 nitrogen and oxygen atoms in total. The third-order valence-corrected chi connectivity index (χ3v) is 4.59. The molecule has 0 amide bonds. The fourth-order valence-corrected chi connectivity index (χ4v) is 3.43. The van der Waals surface area contributed by atoms with Crippen LogP contribution in [0, 0.1) is 5.92 Å². The predicted octanol–water partition coefficient (Wildman–Crippen LogP) is 4.42. The van der Waals surface area contributed by atoms with Crippen molar-refractivity contribution in [2.45, 2.75) is 25.3 Å². The zero-order valence-electron chi connectivity index (χ0n) is 13.5. The van der Waals surface area contributed by atoms with E-state index in [2.05, 4.69) is 16.7 Å². The highest BCUT2D eigenvalue weighted by Gasteiger charge is 2.32. The van der Waals surface area contributed by atoms with Gasteiger partial charge in [-0.2, -0.15) is 5.48 Å². The minimum Gasteiger partial charge on any atom is -0.411 e. The summed E-state index contributed by atoms with van der Waals surface area (Å²) in [5, 5.41) is 23.0. The second kappa shape index (κ2) is 7.90. The molecule has 0 spiro atoms. The molecule has 1 aliphatic rings. The van der Waals surface area contributed by atoms with E-state index in [1.54, 1.807) is 0 Å². The predicted molar refractivity (Wildman–Crippen MR) is 95.1 cm³/mol. The molecule has 0 saturated heterocycles. The molecular formula is C20H22N2O2. The van der Waals surface area contributed by atoms with Gasteiger partial charge in [-0.1, -0.05) is 65.8 Å². The summed E-state index contributed by atoms with van der Waals surface area (Å²) in [5.41, 5.74) is 6.16. The van der Waals surface area contributed by atoms with Crippen LogP contribution in [-0.4, -0.2) is 16.1 Å². The Morgan fingerprint density at radius 2 is 1.71 bits per heavy atom. The molecule has 3 N–H and O–H groups in total. The van der Waals surface area contributed by atoms with E-state index >= 15 is 0 Å². The molecule has 0 radical (unpaired) electrons. The highest BCUT2D eigenvalue weighted by Crippen LogP contribution is 2.35. The largest absolute Gasteiger partial charge is 0.411 e. The summed E-state index contributed by atoms with van der Waals surface area (Å²) in [7, 11) is 0. The smallest absolute Gasteiger partial charge is 0.0878 e. The standard InChI is InChI=1S/C20H22N2O2/c23-21-19(16-10-5-2-6-11-16)18-13-7-12-17(20(18)22-24)14-15-8-3-1-4-9-15/h1-6,8-11,14,18-19,21,23-24H,7,12-13H2/b17-14+,22-20?/t18-,19-/m1/s1. The third kappa shape index (κ3) is 3.55. The first-order chi connectivity index (χ1) is 11.8. The van der Waals surface area contributed by atoms with E-state index in [1.165, 1.54) is 0 Å². The molecule has 0 aliphatic heterocycles. The maximum absolute atomic E-state index is 9.71. The lowest BCUT2D eigenvalue weighted by atomic mass is 9.77. The summed E-state index contributed by atoms with van der Waals surface area (Å²) in [5.74, 6) is -0.0777. The Balaban J connectivity index is 1.92. The van der Waals surface area contributed by atoms with Gasteiger partial charge in [0, 0.05) is 5.92 Å². The van der Waals surface area contributed by atoms with Gasteiger partial charge < -0.3 is 10.4 Å². The molecule has 4 heteroatoms. The summed E-state index contributed by atoms with van der Waals surface area (Å²) in [4.78, 5) is 0. The van der Waals surface area contributed by atoms with E-state index in [4.69, 9.17) is 0 Å². The molecule has 0 aromatic heterocycles.